The number of urea groups is 1. The standard InChI is InChI=1S/C7H14N2O3S/c1-2-5-8-7(10)9-13(11,12)6-3-4-6/h6H,2-5H2,1H3,(H2,8,9,10). The van der Waals surface area contributed by atoms with Gasteiger partial charge in [0.1, 0.15) is 0 Å². The summed E-state index contributed by atoms with van der Waals surface area (Å²) in [4.78, 5) is 10.9. The minimum atomic E-state index is -3.38. The van der Waals surface area contributed by atoms with Crippen LogP contribution in [0.4, 0.5) is 4.79 Å². The van der Waals surface area contributed by atoms with Crippen molar-refractivity contribution >= 4 is 16.1 Å². The number of carbonyl (C=O) groups is 1. The maximum Gasteiger partial charge on any atom is 0.328 e. The van der Waals surface area contributed by atoms with E-state index in [1.54, 1.807) is 0 Å². The second kappa shape index (κ2) is 3.95. The number of hydrogen-bond donors (Lipinski definition) is 2. The van der Waals surface area contributed by atoms with Crippen LogP contribution < -0.4 is 10.0 Å². The molecule has 1 saturated carbocycles. The molecular weight excluding hydrogens is 192 g/mol. The third-order valence-corrected chi connectivity index (χ3v) is 3.55. The summed E-state index contributed by atoms with van der Waals surface area (Å²) in [5.74, 6) is 0. The molecule has 0 aromatic carbocycles. The van der Waals surface area contributed by atoms with Crippen LogP contribution in [-0.4, -0.2) is 26.2 Å². The lowest BCUT2D eigenvalue weighted by Crippen LogP contribution is -2.41. The molecule has 0 saturated heterocycles. The molecule has 0 aliphatic heterocycles. The van der Waals surface area contributed by atoms with Crippen LogP contribution in [0.5, 0.6) is 0 Å². The van der Waals surface area contributed by atoms with E-state index in [1.165, 1.54) is 0 Å². The fourth-order valence-electron chi connectivity index (χ4n) is 0.865. The molecule has 0 radical (unpaired) electrons. The lowest BCUT2D eigenvalue weighted by molar-refractivity contribution is 0.246. The Morgan fingerprint density at radius 3 is 2.54 bits per heavy atom. The molecule has 0 spiro atoms. The first-order valence-corrected chi connectivity index (χ1v) is 5.90. The Labute approximate surface area is 77.9 Å². The first kappa shape index (κ1) is 10.3. The number of carbonyl (C=O) groups excluding carboxylic acids is 1. The van der Waals surface area contributed by atoms with Gasteiger partial charge in [0, 0.05) is 6.54 Å². The Balaban J connectivity index is 2.34. The zero-order chi connectivity index (χ0) is 9.90. The van der Waals surface area contributed by atoms with Gasteiger partial charge in [-0.15, -0.1) is 0 Å². The van der Waals surface area contributed by atoms with Crippen LogP contribution in [0.3, 0.4) is 0 Å². The molecular formula is C7H14N2O3S. The molecule has 76 valence electrons. The number of nitrogens with one attached hydrogen (secondary N) is 2. The Bertz CT molecular complexity index is 282. The van der Waals surface area contributed by atoms with E-state index in [0.29, 0.717) is 19.4 Å². The fourth-order valence-corrected chi connectivity index (χ4v) is 2.12. The first-order valence-electron chi connectivity index (χ1n) is 4.35. The van der Waals surface area contributed by atoms with Crippen molar-refractivity contribution in [1.82, 2.24) is 10.0 Å². The quantitative estimate of drug-likeness (QED) is 0.689. The van der Waals surface area contributed by atoms with Gasteiger partial charge in [0.05, 0.1) is 5.25 Å². The van der Waals surface area contributed by atoms with Crippen LogP contribution in [0.1, 0.15) is 26.2 Å². The average molecular weight is 206 g/mol. The van der Waals surface area contributed by atoms with E-state index >= 15 is 0 Å². The van der Waals surface area contributed by atoms with Crippen molar-refractivity contribution in [3.05, 3.63) is 0 Å². The minimum absolute atomic E-state index is 0.347. The summed E-state index contributed by atoms with van der Waals surface area (Å²) in [6.07, 6.45) is 2.11. The van der Waals surface area contributed by atoms with E-state index in [-0.39, 0.29) is 5.25 Å². The summed E-state index contributed by atoms with van der Waals surface area (Å²) in [7, 11) is -3.38. The summed E-state index contributed by atoms with van der Waals surface area (Å²) in [5.41, 5.74) is 0. The van der Waals surface area contributed by atoms with E-state index in [1.807, 2.05) is 11.6 Å². The van der Waals surface area contributed by atoms with E-state index in [2.05, 4.69) is 5.32 Å². The number of hydrogen-bond acceptors (Lipinski definition) is 3. The highest BCUT2D eigenvalue weighted by Gasteiger charge is 2.36. The van der Waals surface area contributed by atoms with Gasteiger partial charge in [-0.2, -0.15) is 0 Å². The van der Waals surface area contributed by atoms with Gasteiger partial charge in [-0.1, -0.05) is 6.92 Å². The highest BCUT2D eigenvalue weighted by molar-refractivity contribution is 7.90. The number of amides is 2. The molecule has 13 heavy (non-hydrogen) atoms. The molecule has 1 fully saturated rings. The summed E-state index contributed by atoms with van der Waals surface area (Å²) < 4.78 is 24.4. The Morgan fingerprint density at radius 2 is 2.08 bits per heavy atom. The van der Waals surface area contributed by atoms with Crippen molar-refractivity contribution < 1.29 is 13.2 Å². The second-order valence-corrected chi connectivity index (χ2v) is 5.06. The van der Waals surface area contributed by atoms with Gasteiger partial charge in [0.2, 0.25) is 10.0 Å². The van der Waals surface area contributed by atoms with Crippen LogP contribution in [-0.2, 0) is 10.0 Å². The topological polar surface area (TPSA) is 75.3 Å². The molecule has 0 aromatic rings. The van der Waals surface area contributed by atoms with Crippen LogP contribution in [0.2, 0.25) is 0 Å². The fraction of sp³-hybridized carbons (Fsp3) is 0.857. The predicted molar refractivity (Wildman–Crippen MR) is 48.8 cm³/mol. The maximum absolute atomic E-state index is 11.2. The molecule has 1 aliphatic carbocycles. The predicted octanol–water partition coefficient (Wildman–Crippen LogP) is 0.188. The second-order valence-electron chi connectivity index (χ2n) is 3.10. The molecule has 0 atom stereocenters. The lowest BCUT2D eigenvalue weighted by atomic mass is 10.5. The third-order valence-electron chi connectivity index (χ3n) is 1.73. The number of sulfonamides is 1. The third kappa shape index (κ3) is 3.22. The van der Waals surface area contributed by atoms with E-state index < -0.39 is 16.1 Å². The molecule has 0 bridgehead atoms. The van der Waals surface area contributed by atoms with Crippen molar-refractivity contribution in [2.24, 2.45) is 0 Å². The largest absolute Gasteiger partial charge is 0.337 e. The van der Waals surface area contributed by atoms with Gasteiger partial charge < -0.3 is 5.32 Å². The monoisotopic (exact) mass is 206 g/mol. The summed E-state index contributed by atoms with van der Waals surface area (Å²) in [6.45, 7) is 2.39. The Morgan fingerprint density at radius 1 is 1.46 bits per heavy atom. The molecule has 2 amide bonds. The minimum Gasteiger partial charge on any atom is -0.337 e. The molecule has 1 aliphatic rings. The van der Waals surface area contributed by atoms with Crippen molar-refractivity contribution in [1.29, 1.82) is 0 Å². The summed E-state index contributed by atoms with van der Waals surface area (Å²) in [6, 6.07) is -0.617. The Kier molecular flexibility index (Phi) is 3.13. The maximum atomic E-state index is 11.2. The molecule has 0 unspecified atom stereocenters. The number of rotatable bonds is 4. The van der Waals surface area contributed by atoms with Crippen LogP contribution in [0.25, 0.3) is 0 Å². The zero-order valence-corrected chi connectivity index (χ0v) is 8.36. The van der Waals surface area contributed by atoms with Gasteiger partial charge >= 0.3 is 6.03 Å². The van der Waals surface area contributed by atoms with Gasteiger partial charge in [0.15, 0.2) is 0 Å². The normalized spacial score (nSPS) is 16.7. The van der Waals surface area contributed by atoms with Gasteiger partial charge in [-0.25, -0.2) is 17.9 Å². The van der Waals surface area contributed by atoms with E-state index in [9.17, 15) is 13.2 Å². The smallest absolute Gasteiger partial charge is 0.328 e. The van der Waals surface area contributed by atoms with E-state index in [0.717, 1.165) is 6.42 Å². The average Bonchev–Trinajstić information content (AvgIpc) is 2.81. The summed E-state index contributed by atoms with van der Waals surface area (Å²) in [5, 5.41) is 2.09. The molecule has 1 rings (SSSR count). The summed E-state index contributed by atoms with van der Waals surface area (Å²) >= 11 is 0. The highest BCUT2D eigenvalue weighted by Crippen LogP contribution is 2.27. The van der Waals surface area contributed by atoms with Crippen LogP contribution in [0, 0.1) is 0 Å². The molecule has 0 aromatic heterocycles. The van der Waals surface area contributed by atoms with Gasteiger partial charge in [0.25, 0.3) is 0 Å². The van der Waals surface area contributed by atoms with Gasteiger partial charge in [-0.3, -0.25) is 0 Å². The van der Waals surface area contributed by atoms with Crippen molar-refractivity contribution in [3.63, 3.8) is 0 Å². The lowest BCUT2D eigenvalue weighted by Gasteiger charge is -2.05. The molecule has 0 heterocycles. The highest BCUT2D eigenvalue weighted by atomic mass is 32.2. The van der Waals surface area contributed by atoms with Crippen molar-refractivity contribution in [2.45, 2.75) is 31.4 Å². The molecule has 5 nitrogen and oxygen atoms in total. The van der Waals surface area contributed by atoms with Crippen molar-refractivity contribution in [3.8, 4) is 0 Å². The van der Waals surface area contributed by atoms with Crippen molar-refractivity contribution in [2.75, 3.05) is 6.54 Å². The Hall–Kier alpha value is -0.780. The molecule has 6 heteroatoms. The van der Waals surface area contributed by atoms with Crippen LogP contribution >= 0.6 is 0 Å². The zero-order valence-electron chi connectivity index (χ0n) is 7.54. The SMILES string of the molecule is CCCNC(=O)NS(=O)(=O)C1CC1. The van der Waals surface area contributed by atoms with Gasteiger partial charge in [-0.05, 0) is 19.3 Å². The first-order chi connectivity index (χ1) is 6.06. The van der Waals surface area contributed by atoms with Crippen LogP contribution in [0.15, 0.2) is 0 Å². The van der Waals surface area contributed by atoms with E-state index in [4.69, 9.17) is 0 Å². The molecule has 2 N–H and O–H groups in total.